The lowest BCUT2D eigenvalue weighted by molar-refractivity contribution is 0.345. The molecule has 6 aromatic rings. The van der Waals surface area contributed by atoms with Crippen LogP contribution in [0.4, 0.5) is 11.4 Å². The predicted molar refractivity (Wildman–Crippen MR) is 232 cm³/mol. The van der Waals surface area contributed by atoms with E-state index in [1.165, 1.54) is 64.7 Å². The molecule has 0 N–H and O–H groups in total. The largest absolute Gasteiger partial charge is 0.315 e. The summed E-state index contributed by atoms with van der Waals surface area (Å²) in [6, 6.07) is 40.3. The van der Waals surface area contributed by atoms with E-state index in [1.54, 1.807) is 0 Å². The highest BCUT2D eigenvalue weighted by molar-refractivity contribution is 7.27. The first-order valence-electron chi connectivity index (χ1n) is 19.0. The number of fused-ring (bicyclic) bond motifs is 7. The molecular weight excluding hydrogens is 659 g/mol. The van der Waals surface area contributed by atoms with Gasteiger partial charge < -0.3 is 4.90 Å². The van der Waals surface area contributed by atoms with E-state index in [4.69, 9.17) is 0 Å². The fourth-order valence-electron chi connectivity index (χ4n) is 8.46. The number of hydrogen-bond acceptors (Lipinski definition) is 2. The Balaban J connectivity index is 1.19. The highest BCUT2D eigenvalue weighted by Crippen LogP contribution is 2.54. The summed E-state index contributed by atoms with van der Waals surface area (Å²) < 4.78 is 2.74. The van der Waals surface area contributed by atoms with Crippen LogP contribution in [0.15, 0.2) is 169 Å². The Hall–Kier alpha value is -5.18. The summed E-state index contributed by atoms with van der Waals surface area (Å²) in [5, 5.41) is 2.68. The maximum atomic E-state index is 4.66. The van der Waals surface area contributed by atoms with Gasteiger partial charge in [-0.1, -0.05) is 163 Å². The first-order chi connectivity index (χ1) is 25.5. The summed E-state index contributed by atoms with van der Waals surface area (Å²) >= 11 is 1.95. The molecule has 0 bridgehead atoms. The number of benzene rings is 5. The van der Waals surface area contributed by atoms with Crippen LogP contribution in [0, 0.1) is 17.3 Å². The van der Waals surface area contributed by atoms with Crippen LogP contribution in [0.3, 0.4) is 0 Å². The van der Waals surface area contributed by atoms with Crippen molar-refractivity contribution in [3.63, 3.8) is 0 Å². The molecule has 8 rings (SSSR count). The van der Waals surface area contributed by atoms with Gasteiger partial charge in [-0.15, -0.1) is 11.3 Å². The second kappa shape index (κ2) is 13.3. The van der Waals surface area contributed by atoms with Gasteiger partial charge in [0.2, 0.25) is 0 Å². The van der Waals surface area contributed by atoms with Gasteiger partial charge in [0, 0.05) is 48.2 Å². The minimum absolute atomic E-state index is 0.00698. The summed E-state index contributed by atoms with van der Waals surface area (Å²) in [4.78, 5) is 2.36. The van der Waals surface area contributed by atoms with E-state index < -0.39 is 0 Å². The lowest BCUT2D eigenvalue weighted by Crippen LogP contribution is -2.24. The van der Waals surface area contributed by atoms with Gasteiger partial charge in [0.25, 0.3) is 0 Å². The average molecular weight is 708 g/mol. The first kappa shape index (κ1) is 34.9. The molecule has 264 valence electrons. The normalized spacial score (nSPS) is 21.2. The van der Waals surface area contributed by atoms with Crippen LogP contribution in [-0.2, 0) is 5.41 Å². The highest BCUT2D eigenvalue weighted by Gasteiger charge is 2.37. The summed E-state index contributed by atoms with van der Waals surface area (Å²) in [6.45, 7) is 20.8. The monoisotopic (exact) mass is 707 g/mol. The predicted octanol–water partition coefficient (Wildman–Crippen LogP) is 15.0. The minimum atomic E-state index is -0.0578. The zero-order valence-corrected chi connectivity index (χ0v) is 32.9. The Morgan fingerprint density at radius 2 is 1.34 bits per heavy atom. The Kier molecular flexibility index (Phi) is 8.78. The second-order valence-electron chi connectivity index (χ2n) is 16.0. The Labute approximate surface area is 320 Å². The summed E-state index contributed by atoms with van der Waals surface area (Å²) in [6.07, 6.45) is 13.5. The number of thiophene rings is 1. The van der Waals surface area contributed by atoms with Crippen LogP contribution in [0.1, 0.15) is 59.6 Å². The van der Waals surface area contributed by atoms with E-state index in [-0.39, 0.29) is 16.7 Å². The van der Waals surface area contributed by atoms with E-state index >= 15 is 0 Å². The molecule has 0 saturated heterocycles. The van der Waals surface area contributed by atoms with Gasteiger partial charge in [-0.05, 0) is 93.5 Å². The molecule has 0 amide bonds. The molecule has 1 heterocycles. The van der Waals surface area contributed by atoms with Gasteiger partial charge in [0.1, 0.15) is 0 Å². The zero-order chi connectivity index (χ0) is 37.1. The van der Waals surface area contributed by atoms with E-state index in [2.05, 4.69) is 206 Å². The van der Waals surface area contributed by atoms with E-state index in [0.29, 0.717) is 5.92 Å². The molecule has 2 heteroatoms. The van der Waals surface area contributed by atoms with Crippen molar-refractivity contribution >= 4 is 42.9 Å². The number of para-hydroxylation sites is 1. The highest BCUT2D eigenvalue weighted by atomic mass is 32.1. The van der Waals surface area contributed by atoms with Crippen LogP contribution in [-0.4, -0.2) is 0 Å². The van der Waals surface area contributed by atoms with Gasteiger partial charge in [-0.3, -0.25) is 0 Å². The van der Waals surface area contributed by atoms with Gasteiger partial charge in [0.15, 0.2) is 0 Å². The fourth-order valence-corrected chi connectivity index (χ4v) is 9.85. The van der Waals surface area contributed by atoms with Crippen LogP contribution >= 0.6 is 11.3 Å². The number of allylic oxidation sites excluding steroid dienone is 9. The number of nitrogens with zero attached hydrogens (tertiary/aromatic N) is 1. The SMILES string of the molecule is C=C1/C(=C\C=C(/C)N(c2ccccc2)c2ccc(-c3cccc4c3sc3c5c(ccc34)C(C)(C)c3ccccc3-5)cc2)[C@@H](C)/C=C\C=C/C(C)C1(C)C. The quantitative estimate of drug-likeness (QED) is 0.172. The molecular formula is C51H49NS. The first-order valence-corrected chi connectivity index (χ1v) is 19.8. The molecule has 53 heavy (non-hydrogen) atoms. The molecule has 0 fully saturated rings. The number of hydrogen-bond donors (Lipinski definition) is 0. The molecule has 2 aliphatic rings. The van der Waals surface area contributed by atoms with Crippen LogP contribution < -0.4 is 4.90 Å². The lowest BCUT2D eigenvalue weighted by Gasteiger charge is -2.34. The van der Waals surface area contributed by atoms with Gasteiger partial charge in [-0.25, -0.2) is 0 Å². The van der Waals surface area contributed by atoms with E-state index in [0.717, 1.165) is 17.1 Å². The maximum Gasteiger partial charge on any atom is 0.0458 e. The van der Waals surface area contributed by atoms with Gasteiger partial charge >= 0.3 is 0 Å². The molecule has 5 aromatic carbocycles. The smallest absolute Gasteiger partial charge is 0.0458 e. The standard InChI is InChI=1S/C51H49NS/c1-33-17-12-13-18-34(2)50(5,6)36(4)40(33)30-25-35(3)52(38-19-10-9-11-20-38)39-28-26-37(27-29-39)41-22-16-23-42-43-31-32-46-47(49(43)53-48(41)42)44-21-14-15-24-45(44)51(46,7)8/h9-34H,4H2,1-3,5-8H3/b17-12-,18-13-,35-25+,40-30-/t33-,34?/m0/s1. The van der Waals surface area contributed by atoms with Crippen molar-refractivity contribution < 1.29 is 0 Å². The molecule has 1 aromatic heterocycles. The molecule has 1 unspecified atom stereocenters. The fraction of sp³-hybridized carbons (Fsp3) is 0.216. The zero-order valence-electron chi connectivity index (χ0n) is 32.1. The summed E-state index contributed by atoms with van der Waals surface area (Å²) in [5.74, 6) is 0.630. The van der Waals surface area contributed by atoms with Crippen molar-refractivity contribution in [3.05, 3.63) is 180 Å². The third-order valence-electron chi connectivity index (χ3n) is 12.2. The second-order valence-corrected chi connectivity index (χ2v) is 17.0. The van der Waals surface area contributed by atoms with E-state index in [1.807, 2.05) is 11.3 Å². The molecule has 0 aliphatic heterocycles. The molecule has 2 aliphatic carbocycles. The van der Waals surface area contributed by atoms with Crippen LogP contribution in [0.2, 0.25) is 0 Å². The van der Waals surface area contributed by atoms with E-state index in [9.17, 15) is 0 Å². The minimum Gasteiger partial charge on any atom is -0.315 e. The Morgan fingerprint density at radius 3 is 2.11 bits per heavy atom. The number of anilines is 2. The van der Waals surface area contributed by atoms with Crippen LogP contribution in [0.5, 0.6) is 0 Å². The Bertz CT molecular complexity index is 2500. The van der Waals surface area contributed by atoms with Crippen molar-refractivity contribution in [2.45, 2.75) is 53.9 Å². The average Bonchev–Trinajstić information content (AvgIpc) is 3.67. The molecule has 0 radical (unpaired) electrons. The third kappa shape index (κ3) is 5.85. The van der Waals surface area contributed by atoms with Crippen molar-refractivity contribution in [2.24, 2.45) is 17.3 Å². The summed E-state index contributed by atoms with van der Waals surface area (Å²) in [7, 11) is 0. The molecule has 1 nitrogen and oxygen atoms in total. The van der Waals surface area contributed by atoms with Crippen molar-refractivity contribution in [1.29, 1.82) is 0 Å². The number of rotatable bonds is 5. The van der Waals surface area contributed by atoms with Crippen molar-refractivity contribution in [3.8, 4) is 22.3 Å². The topological polar surface area (TPSA) is 3.24 Å². The Morgan fingerprint density at radius 1 is 0.679 bits per heavy atom. The third-order valence-corrected chi connectivity index (χ3v) is 13.5. The maximum absolute atomic E-state index is 4.66. The summed E-state index contributed by atoms with van der Waals surface area (Å²) in [5.41, 5.74) is 14.0. The lowest BCUT2D eigenvalue weighted by atomic mass is 9.70. The van der Waals surface area contributed by atoms with Crippen molar-refractivity contribution in [1.82, 2.24) is 0 Å². The van der Waals surface area contributed by atoms with Gasteiger partial charge in [0.05, 0.1) is 0 Å². The van der Waals surface area contributed by atoms with Gasteiger partial charge in [-0.2, -0.15) is 0 Å². The van der Waals surface area contributed by atoms with Crippen LogP contribution in [0.25, 0.3) is 42.4 Å². The molecule has 0 saturated carbocycles. The molecule has 2 atom stereocenters. The molecule has 0 spiro atoms. The van der Waals surface area contributed by atoms with Crippen molar-refractivity contribution in [2.75, 3.05) is 4.90 Å².